The molecule has 1 unspecified atom stereocenters. The molecule has 2 aromatic rings. The van der Waals surface area contributed by atoms with Crippen molar-refractivity contribution in [2.45, 2.75) is 20.0 Å². The van der Waals surface area contributed by atoms with Crippen LogP contribution in [-0.2, 0) is 0 Å². The van der Waals surface area contributed by atoms with Crippen LogP contribution in [0.4, 0.5) is 0 Å². The van der Waals surface area contributed by atoms with Crippen LogP contribution >= 0.6 is 11.6 Å². The Balaban J connectivity index is 2.52. The fourth-order valence-electron chi connectivity index (χ4n) is 2.07. The van der Waals surface area contributed by atoms with Gasteiger partial charge >= 0.3 is 0 Å². The number of nitrogens with zero attached hydrogens (tertiary/aromatic N) is 2. The number of hydrogen-bond acceptors (Lipinski definition) is 5. The lowest BCUT2D eigenvalue weighted by Crippen LogP contribution is -2.01. The van der Waals surface area contributed by atoms with Gasteiger partial charge in [0.15, 0.2) is 17.3 Å². The molecule has 1 N–H and O–H groups in total. The third kappa shape index (κ3) is 3.09. The first-order valence-corrected chi connectivity index (χ1v) is 6.79. The van der Waals surface area contributed by atoms with Gasteiger partial charge in [-0.2, -0.15) is 0 Å². The van der Waals surface area contributed by atoms with Gasteiger partial charge in [0, 0.05) is 23.0 Å². The van der Waals surface area contributed by atoms with Crippen molar-refractivity contribution >= 4 is 11.6 Å². The van der Waals surface area contributed by atoms with E-state index in [-0.39, 0.29) is 0 Å². The molecule has 0 aliphatic heterocycles. The van der Waals surface area contributed by atoms with Crippen LogP contribution < -0.4 is 9.47 Å². The lowest BCUT2D eigenvalue weighted by Gasteiger charge is -2.12. The summed E-state index contributed by atoms with van der Waals surface area (Å²) < 4.78 is 10.5. The van der Waals surface area contributed by atoms with Gasteiger partial charge in [0.2, 0.25) is 0 Å². The van der Waals surface area contributed by atoms with Gasteiger partial charge in [-0.15, -0.1) is 0 Å². The molecule has 2 rings (SSSR count). The highest BCUT2D eigenvalue weighted by Crippen LogP contribution is 2.38. The highest BCUT2D eigenvalue weighted by Gasteiger charge is 2.15. The summed E-state index contributed by atoms with van der Waals surface area (Å²) in [7, 11) is 3.07. The molecule has 0 radical (unpaired) electrons. The number of aliphatic hydroxyl groups excluding tert-OH is 1. The summed E-state index contributed by atoms with van der Waals surface area (Å²) in [6.07, 6.45) is 1.01. The van der Waals surface area contributed by atoms with Crippen molar-refractivity contribution in [3.05, 3.63) is 34.6 Å². The summed E-state index contributed by atoms with van der Waals surface area (Å²) in [5.41, 5.74) is 2.14. The number of rotatable bonds is 4. The molecule has 0 aliphatic rings. The molecule has 0 spiro atoms. The number of methoxy groups -OCH3 is 2. The van der Waals surface area contributed by atoms with Crippen LogP contribution in [0.25, 0.3) is 11.4 Å². The Kier molecular flexibility index (Phi) is 4.65. The molecule has 112 valence electrons. The third-order valence-electron chi connectivity index (χ3n) is 3.16. The molecular formula is C15H17ClN2O3. The monoisotopic (exact) mass is 308 g/mol. The average molecular weight is 309 g/mol. The lowest BCUT2D eigenvalue weighted by atomic mass is 10.1. The maximum absolute atomic E-state index is 9.62. The smallest absolute Gasteiger partial charge is 0.179 e. The molecule has 1 aromatic heterocycles. The lowest BCUT2D eigenvalue weighted by molar-refractivity contribution is 0.197. The Morgan fingerprint density at radius 1 is 1.24 bits per heavy atom. The van der Waals surface area contributed by atoms with Crippen molar-refractivity contribution < 1.29 is 14.6 Å². The Morgan fingerprint density at radius 3 is 2.48 bits per heavy atom. The normalized spacial score (nSPS) is 12.1. The second-order valence-corrected chi connectivity index (χ2v) is 5.01. The van der Waals surface area contributed by atoms with E-state index in [9.17, 15) is 5.11 Å². The summed E-state index contributed by atoms with van der Waals surface area (Å²) in [5.74, 6) is 1.50. The number of hydrogen-bond donors (Lipinski definition) is 1. The molecule has 1 heterocycles. The first-order chi connectivity index (χ1) is 9.97. The van der Waals surface area contributed by atoms with Crippen LogP contribution in [0.2, 0.25) is 5.02 Å². The van der Waals surface area contributed by atoms with Crippen molar-refractivity contribution in [1.29, 1.82) is 0 Å². The van der Waals surface area contributed by atoms with E-state index in [1.54, 1.807) is 32.4 Å². The quantitative estimate of drug-likeness (QED) is 0.939. The van der Waals surface area contributed by atoms with Gasteiger partial charge in [-0.25, -0.2) is 9.97 Å². The van der Waals surface area contributed by atoms with Crippen LogP contribution in [0, 0.1) is 6.92 Å². The van der Waals surface area contributed by atoms with E-state index in [4.69, 9.17) is 21.1 Å². The van der Waals surface area contributed by atoms with Gasteiger partial charge in [-0.1, -0.05) is 11.6 Å². The van der Waals surface area contributed by atoms with Gasteiger partial charge in [0.1, 0.15) is 0 Å². The molecule has 0 bridgehead atoms. The summed E-state index contributed by atoms with van der Waals surface area (Å²) in [6.45, 7) is 3.51. The molecule has 1 atom stereocenters. The molecule has 6 heteroatoms. The molecule has 0 fully saturated rings. The largest absolute Gasteiger partial charge is 0.493 e. The van der Waals surface area contributed by atoms with E-state index in [1.165, 1.54) is 7.11 Å². The number of ether oxygens (including phenoxy) is 2. The number of aryl methyl sites for hydroxylation is 1. The SMILES string of the molecule is COc1cc(-c2ncc(C(C)O)c(C)n2)cc(Cl)c1OC. The second kappa shape index (κ2) is 6.28. The molecule has 0 saturated carbocycles. The van der Waals surface area contributed by atoms with Crippen LogP contribution in [0.3, 0.4) is 0 Å². The number of aromatic nitrogens is 2. The molecule has 1 aromatic carbocycles. The predicted molar refractivity (Wildman–Crippen MR) is 81.0 cm³/mol. The Bertz CT molecular complexity index is 660. The van der Waals surface area contributed by atoms with Crippen LogP contribution in [-0.4, -0.2) is 29.3 Å². The highest BCUT2D eigenvalue weighted by molar-refractivity contribution is 6.32. The Morgan fingerprint density at radius 2 is 1.95 bits per heavy atom. The minimum atomic E-state index is -0.604. The maximum Gasteiger partial charge on any atom is 0.179 e. The number of benzene rings is 1. The Hall–Kier alpha value is -1.85. The van der Waals surface area contributed by atoms with Gasteiger partial charge < -0.3 is 14.6 Å². The standard InChI is InChI=1S/C15H17ClN2O3/c1-8-11(9(2)19)7-17-15(18-8)10-5-12(16)14(21-4)13(6-10)20-3/h5-7,9,19H,1-4H3. The summed E-state index contributed by atoms with van der Waals surface area (Å²) in [5, 5.41) is 10.0. The first-order valence-electron chi connectivity index (χ1n) is 6.41. The summed E-state index contributed by atoms with van der Waals surface area (Å²) in [4.78, 5) is 8.69. The molecule has 0 amide bonds. The van der Waals surface area contributed by atoms with E-state index in [0.717, 1.165) is 11.3 Å². The van der Waals surface area contributed by atoms with Crippen molar-refractivity contribution in [2.75, 3.05) is 14.2 Å². The number of aliphatic hydroxyl groups is 1. The van der Waals surface area contributed by atoms with Crippen molar-refractivity contribution in [2.24, 2.45) is 0 Å². The van der Waals surface area contributed by atoms with E-state index < -0.39 is 6.10 Å². The number of halogens is 1. The predicted octanol–water partition coefficient (Wildman–Crippen LogP) is 3.18. The zero-order valence-corrected chi connectivity index (χ0v) is 13.1. The fraction of sp³-hybridized carbons (Fsp3) is 0.333. The minimum Gasteiger partial charge on any atom is -0.493 e. The molecule has 0 aliphatic carbocycles. The summed E-state index contributed by atoms with van der Waals surface area (Å²) in [6, 6.07) is 3.49. The van der Waals surface area contributed by atoms with Gasteiger partial charge in [-0.05, 0) is 26.0 Å². The first kappa shape index (κ1) is 15.5. The molecule has 5 nitrogen and oxygen atoms in total. The van der Waals surface area contributed by atoms with E-state index in [0.29, 0.717) is 27.9 Å². The van der Waals surface area contributed by atoms with Gasteiger partial charge in [-0.3, -0.25) is 0 Å². The second-order valence-electron chi connectivity index (χ2n) is 4.60. The fourth-order valence-corrected chi connectivity index (χ4v) is 2.36. The van der Waals surface area contributed by atoms with Crippen molar-refractivity contribution in [1.82, 2.24) is 9.97 Å². The minimum absolute atomic E-state index is 0.424. The van der Waals surface area contributed by atoms with E-state index in [1.807, 2.05) is 6.92 Å². The van der Waals surface area contributed by atoms with E-state index >= 15 is 0 Å². The van der Waals surface area contributed by atoms with E-state index in [2.05, 4.69) is 9.97 Å². The van der Waals surface area contributed by atoms with Crippen LogP contribution in [0.5, 0.6) is 11.5 Å². The molecular weight excluding hydrogens is 292 g/mol. The van der Waals surface area contributed by atoms with Crippen molar-refractivity contribution in [3.8, 4) is 22.9 Å². The summed E-state index contributed by atoms with van der Waals surface area (Å²) >= 11 is 6.18. The Labute approximate surface area is 128 Å². The molecule has 21 heavy (non-hydrogen) atoms. The average Bonchev–Trinajstić information content (AvgIpc) is 2.45. The molecule has 0 saturated heterocycles. The van der Waals surface area contributed by atoms with Gasteiger partial charge in [0.25, 0.3) is 0 Å². The van der Waals surface area contributed by atoms with Crippen LogP contribution in [0.15, 0.2) is 18.3 Å². The maximum atomic E-state index is 9.62. The zero-order valence-electron chi connectivity index (χ0n) is 12.3. The zero-order chi connectivity index (χ0) is 15.6. The third-order valence-corrected chi connectivity index (χ3v) is 3.44. The topological polar surface area (TPSA) is 64.5 Å². The van der Waals surface area contributed by atoms with Crippen LogP contribution in [0.1, 0.15) is 24.3 Å². The van der Waals surface area contributed by atoms with Crippen molar-refractivity contribution in [3.63, 3.8) is 0 Å². The highest BCUT2D eigenvalue weighted by atomic mass is 35.5. The van der Waals surface area contributed by atoms with Gasteiger partial charge in [0.05, 0.1) is 25.3 Å².